The van der Waals surface area contributed by atoms with Crippen LogP contribution in [0.5, 0.6) is 0 Å². The largest absolute Gasteiger partial charge is 0.507 e. The van der Waals surface area contributed by atoms with Crippen LogP contribution in [0, 0.1) is 5.41 Å². The van der Waals surface area contributed by atoms with E-state index in [1.807, 2.05) is 128 Å². The van der Waals surface area contributed by atoms with Crippen LogP contribution in [0.1, 0.15) is 108 Å². The maximum atomic E-state index is 9.74. The lowest BCUT2D eigenvalue weighted by Crippen LogP contribution is -2.18. The van der Waals surface area contributed by atoms with Gasteiger partial charge in [0, 0.05) is 0 Å². The van der Waals surface area contributed by atoms with Crippen molar-refractivity contribution in [2.24, 2.45) is 5.41 Å². The number of rotatable bonds is 1. The molecule has 1 aliphatic carbocycles. The van der Waals surface area contributed by atoms with E-state index in [0.29, 0.717) is 0 Å². The molecular formula is C32H60O3. The van der Waals surface area contributed by atoms with Gasteiger partial charge in [0.2, 0.25) is 0 Å². The summed E-state index contributed by atoms with van der Waals surface area (Å²) >= 11 is 0. The fourth-order valence-electron chi connectivity index (χ4n) is 2.61. The Bertz CT molecular complexity index is 444. The first-order valence-electron chi connectivity index (χ1n) is 13.7. The fourth-order valence-corrected chi connectivity index (χ4v) is 2.61. The summed E-state index contributed by atoms with van der Waals surface area (Å²) in [4.78, 5) is 9.74. The molecule has 2 aromatic rings. The molecule has 0 aromatic heterocycles. The van der Waals surface area contributed by atoms with Crippen molar-refractivity contribution in [2.45, 2.75) is 108 Å². The Balaban J connectivity index is -0.000000105. The molecule has 0 radical (unpaired) electrons. The molecule has 35 heavy (non-hydrogen) atoms. The lowest BCUT2D eigenvalue weighted by Gasteiger charge is -2.32. The highest BCUT2D eigenvalue weighted by Crippen LogP contribution is 2.38. The Labute approximate surface area is 220 Å². The van der Waals surface area contributed by atoms with Crippen molar-refractivity contribution < 1.29 is 14.3 Å². The van der Waals surface area contributed by atoms with E-state index in [1.54, 1.807) is 0 Å². The molecule has 206 valence electrons. The van der Waals surface area contributed by atoms with Gasteiger partial charge in [0.1, 0.15) is 0 Å². The van der Waals surface area contributed by atoms with Crippen molar-refractivity contribution in [1.29, 1.82) is 0 Å². The third kappa shape index (κ3) is 39.2. The quantitative estimate of drug-likeness (QED) is 0.371. The Morgan fingerprint density at radius 2 is 0.800 bits per heavy atom. The number of benzene rings is 2. The van der Waals surface area contributed by atoms with E-state index in [0.717, 1.165) is 5.41 Å². The molecule has 3 nitrogen and oxygen atoms in total. The zero-order valence-electron chi connectivity index (χ0n) is 25.4. The predicted octanol–water partition coefficient (Wildman–Crippen LogP) is 11.2. The van der Waals surface area contributed by atoms with Gasteiger partial charge in [0.25, 0.3) is 0 Å². The van der Waals surface area contributed by atoms with Crippen LogP contribution in [-0.4, -0.2) is 20.4 Å². The topological polar surface area (TPSA) is 35.5 Å². The van der Waals surface area contributed by atoms with E-state index in [1.165, 1.54) is 52.7 Å². The molecule has 0 aliphatic heterocycles. The fraction of sp³-hybridized carbons (Fsp3) is 0.594. The van der Waals surface area contributed by atoms with Crippen molar-refractivity contribution in [2.75, 3.05) is 14.2 Å². The molecule has 1 fully saturated rings. The lowest BCUT2D eigenvalue weighted by molar-refractivity contribution is 0.0924. The molecule has 0 bridgehead atoms. The van der Waals surface area contributed by atoms with Crippen LogP contribution in [0.3, 0.4) is 0 Å². The molecule has 2 aromatic carbocycles. The van der Waals surface area contributed by atoms with Gasteiger partial charge < -0.3 is 9.47 Å². The van der Waals surface area contributed by atoms with Crippen LogP contribution in [0.25, 0.3) is 0 Å². The molecule has 0 heterocycles. The van der Waals surface area contributed by atoms with Crippen molar-refractivity contribution in [3.8, 4) is 0 Å². The minimum atomic E-state index is -0.657. The van der Waals surface area contributed by atoms with Crippen molar-refractivity contribution in [3.05, 3.63) is 72.8 Å². The van der Waals surface area contributed by atoms with Gasteiger partial charge in [-0.15, -0.1) is 0 Å². The van der Waals surface area contributed by atoms with E-state index < -0.39 is 6.16 Å². The zero-order chi connectivity index (χ0) is 28.2. The van der Waals surface area contributed by atoms with Crippen molar-refractivity contribution in [3.63, 3.8) is 0 Å². The first-order chi connectivity index (χ1) is 17.1. The molecule has 0 unspecified atom stereocenters. The van der Waals surface area contributed by atoms with Crippen molar-refractivity contribution >= 4 is 6.16 Å². The SMILES string of the molecule is CC.CC.CC.CC.CCC1(C)CCCCC1.COC(=O)OC.c1ccccc1.c1ccccc1. The molecule has 0 amide bonds. The Morgan fingerprint density at radius 3 is 0.914 bits per heavy atom. The minimum Gasteiger partial charge on any atom is -0.438 e. The standard InChI is InChI=1S/C9H18.2C6H6.C3H6O3.4C2H6/c1-3-9(2)7-5-4-6-8-9;2*1-2-4-6-5-3-1;1-5-3(4)6-2;4*1-2/h3-8H2,1-2H3;2*1-6H;1-2H3;4*1-2H3. The minimum absolute atomic E-state index is 0.657. The summed E-state index contributed by atoms with van der Waals surface area (Å²) in [5, 5.41) is 0. The maximum absolute atomic E-state index is 9.74. The predicted molar refractivity (Wildman–Crippen MR) is 159 cm³/mol. The van der Waals surface area contributed by atoms with E-state index in [2.05, 4.69) is 23.3 Å². The summed E-state index contributed by atoms with van der Waals surface area (Å²) < 4.78 is 8.08. The summed E-state index contributed by atoms with van der Waals surface area (Å²) in [6, 6.07) is 24.0. The van der Waals surface area contributed by atoms with Gasteiger partial charge >= 0.3 is 6.16 Å². The second kappa shape index (κ2) is 41.9. The van der Waals surface area contributed by atoms with Gasteiger partial charge in [-0.1, -0.05) is 168 Å². The summed E-state index contributed by atoms with van der Waals surface area (Å²) in [7, 11) is 2.51. The van der Waals surface area contributed by atoms with Gasteiger partial charge in [-0.3, -0.25) is 0 Å². The number of ether oxygens (including phenoxy) is 2. The molecule has 1 aliphatic rings. The average Bonchev–Trinajstić information content (AvgIpc) is 3.00. The van der Waals surface area contributed by atoms with Gasteiger partial charge in [-0.25, -0.2) is 4.79 Å². The Morgan fingerprint density at radius 1 is 0.571 bits per heavy atom. The first-order valence-corrected chi connectivity index (χ1v) is 13.7. The van der Waals surface area contributed by atoms with Crippen molar-refractivity contribution in [1.82, 2.24) is 0 Å². The molecule has 0 saturated heterocycles. The molecule has 3 rings (SSSR count). The van der Waals surface area contributed by atoms with Gasteiger partial charge in [-0.2, -0.15) is 0 Å². The highest BCUT2D eigenvalue weighted by molar-refractivity contribution is 5.59. The second-order valence-electron chi connectivity index (χ2n) is 6.69. The van der Waals surface area contributed by atoms with Gasteiger partial charge in [0.05, 0.1) is 14.2 Å². The molecule has 0 atom stereocenters. The smallest absolute Gasteiger partial charge is 0.438 e. The van der Waals surface area contributed by atoms with E-state index in [-0.39, 0.29) is 0 Å². The molecule has 0 N–H and O–H groups in total. The molecule has 3 heteroatoms. The number of hydrogen-bond donors (Lipinski definition) is 0. The average molecular weight is 493 g/mol. The lowest BCUT2D eigenvalue weighted by atomic mass is 9.74. The monoisotopic (exact) mass is 492 g/mol. The third-order valence-corrected chi connectivity index (χ3v) is 4.58. The van der Waals surface area contributed by atoms with Crippen LogP contribution in [0.2, 0.25) is 0 Å². The van der Waals surface area contributed by atoms with E-state index in [4.69, 9.17) is 0 Å². The maximum Gasteiger partial charge on any atom is 0.507 e. The van der Waals surface area contributed by atoms with Crippen LogP contribution < -0.4 is 0 Å². The first kappa shape index (κ1) is 42.8. The van der Waals surface area contributed by atoms with Gasteiger partial charge in [-0.05, 0) is 18.3 Å². The summed E-state index contributed by atoms with van der Waals surface area (Å²) in [5.74, 6) is 0. The normalized spacial score (nSPS) is 11.3. The summed E-state index contributed by atoms with van der Waals surface area (Å²) in [6.45, 7) is 20.8. The second-order valence-corrected chi connectivity index (χ2v) is 6.69. The van der Waals surface area contributed by atoms with E-state index >= 15 is 0 Å². The molecule has 0 spiro atoms. The molecular weight excluding hydrogens is 432 g/mol. The number of methoxy groups -OCH3 is 2. The van der Waals surface area contributed by atoms with Crippen LogP contribution in [-0.2, 0) is 9.47 Å². The van der Waals surface area contributed by atoms with Gasteiger partial charge in [0.15, 0.2) is 0 Å². The highest BCUT2D eigenvalue weighted by atomic mass is 16.7. The Kier molecular flexibility index (Phi) is 51.3. The zero-order valence-corrected chi connectivity index (χ0v) is 25.4. The third-order valence-electron chi connectivity index (χ3n) is 4.58. The Hall–Kier alpha value is -2.29. The summed E-state index contributed by atoms with van der Waals surface area (Å²) in [6.07, 6.45) is 8.11. The van der Waals surface area contributed by atoms with Crippen LogP contribution >= 0.6 is 0 Å². The van der Waals surface area contributed by atoms with Crippen LogP contribution in [0.4, 0.5) is 4.79 Å². The molecule has 1 saturated carbocycles. The number of carbonyl (C=O) groups excluding carboxylic acids is 1. The number of carbonyl (C=O) groups is 1. The highest BCUT2D eigenvalue weighted by Gasteiger charge is 2.23. The van der Waals surface area contributed by atoms with Crippen LogP contribution in [0.15, 0.2) is 72.8 Å². The summed E-state index contributed by atoms with van der Waals surface area (Å²) in [5.41, 5.74) is 0.720. The number of hydrogen-bond acceptors (Lipinski definition) is 3. The van der Waals surface area contributed by atoms with E-state index in [9.17, 15) is 4.79 Å².